The maximum absolute atomic E-state index is 5.10. The van der Waals surface area contributed by atoms with Gasteiger partial charge in [-0.05, 0) is 0 Å². The van der Waals surface area contributed by atoms with Crippen molar-refractivity contribution in [2.75, 3.05) is 0 Å². The van der Waals surface area contributed by atoms with Crippen LogP contribution in [0.25, 0.3) is 53.9 Å². The van der Waals surface area contributed by atoms with E-state index in [9.17, 15) is 0 Å². The van der Waals surface area contributed by atoms with Gasteiger partial charge in [-0.15, -0.1) is 0 Å². The summed E-state index contributed by atoms with van der Waals surface area (Å²) < 4.78 is 2.70. The Hall–Kier alpha value is -3.28. The molecule has 2 nitrogen and oxygen atoms in total. The Balaban J connectivity index is 1.60. The van der Waals surface area contributed by atoms with E-state index in [2.05, 4.69) is 108 Å². The average Bonchev–Trinajstić information content (AvgIpc) is 3.32. The van der Waals surface area contributed by atoms with Crippen LogP contribution in [-0.2, 0) is 0 Å². The SMILES string of the molecule is [CH3][Ge]([CH3])([CH3])[c]1ccc2c(-c3cc(-c4ccccc4)c4nc(-c5ccccc5)sc4c3)nccc2c1. The summed E-state index contributed by atoms with van der Waals surface area (Å²) >= 11 is -0.169. The van der Waals surface area contributed by atoms with Crippen LogP contribution in [-0.4, -0.2) is 23.2 Å². The molecule has 6 aromatic rings. The summed E-state index contributed by atoms with van der Waals surface area (Å²) in [5.74, 6) is 7.33. The second kappa shape index (κ2) is 8.74. The van der Waals surface area contributed by atoms with Gasteiger partial charge in [0.1, 0.15) is 0 Å². The minimum absolute atomic E-state index is 1.03. The van der Waals surface area contributed by atoms with Gasteiger partial charge < -0.3 is 0 Å². The molecular formula is C31H26GeN2S. The van der Waals surface area contributed by atoms with Gasteiger partial charge >= 0.3 is 195 Å². The second-order valence-corrected chi connectivity index (χ2v) is 21.7. The van der Waals surface area contributed by atoms with E-state index in [1.54, 1.807) is 11.3 Å². The molecule has 0 bridgehead atoms. The number of hydrogen-bond acceptors (Lipinski definition) is 3. The van der Waals surface area contributed by atoms with Gasteiger partial charge in [-0.1, -0.05) is 18.2 Å². The van der Waals surface area contributed by atoms with Crippen molar-refractivity contribution in [3.8, 4) is 33.0 Å². The zero-order chi connectivity index (χ0) is 24.0. The molecule has 6 rings (SSSR count). The van der Waals surface area contributed by atoms with E-state index in [0.29, 0.717) is 0 Å². The van der Waals surface area contributed by atoms with Gasteiger partial charge in [0.25, 0.3) is 0 Å². The third-order valence-electron chi connectivity index (χ3n) is 6.50. The van der Waals surface area contributed by atoms with E-state index in [0.717, 1.165) is 32.9 Å². The molecule has 4 aromatic carbocycles. The third-order valence-corrected chi connectivity index (χ3v) is 11.8. The molecule has 170 valence electrons. The molecule has 0 aliphatic carbocycles. The summed E-state index contributed by atoms with van der Waals surface area (Å²) in [7, 11) is 0. The molecule has 0 unspecified atom stereocenters. The molecule has 0 amide bonds. The summed E-state index contributed by atoms with van der Waals surface area (Å²) in [5.41, 5.74) is 6.69. The first-order valence-electron chi connectivity index (χ1n) is 11.9. The monoisotopic (exact) mass is 532 g/mol. The molecule has 35 heavy (non-hydrogen) atoms. The number of pyridine rings is 1. The van der Waals surface area contributed by atoms with E-state index in [1.165, 1.54) is 25.4 Å². The molecule has 0 aliphatic rings. The Morgan fingerprint density at radius 1 is 0.686 bits per heavy atom. The molecule has 0 N–H and O–H groups in total. The molecule has 4 heteroatoms. The Bertz CT molecular complexity index is 1670. The van der Waals surface area contributed by atoms with Crippen molar-refractivity contribution in [3.63, 3.8) is 0 Å². The standard InChI is InChI=1S/C31H26GeN2S/c1-32(2,3)25-14-15-26-23(18-25)16-17-33-29(26)24-19-27(21-10-6-4-7-11-21)30-28(20-24)35-31(34-30)22-12-8-5-9-13-22/h4-20H,1-3H3. The molecule has 0 saturated carbocycles. The first-order chi connectivity index (χ1) is 17.0. The van der Waals surface area contributed by atoms with E-state index in [-0.39, 0.29) is 0 Å². The Morgan fingerprint density at radius 3 is 2.11 bits per heavy atom. The number of thiazole rings is 1. The van der Waals surface area contributed by atoms with Crippen molar-refractivity contribution in [3.05, 3.63) is 103 Å². The number of nitrogens with zero attached hydrogens (tertiary/aromatic N) is 2. The Kier molecular flexibility index (Phi) is 5.55. The average molecular weight is 531 g/mol. The number of hydrogen-bond donors (Lipinski definition) is 0. The van der Waals surface area contributed by atoms with Crippen molar-refractivity contribution in [1.29, 1.82) is 0 Å². The van der Waals surface area contributed by atoms with Gasteiger partial charge in [-0.3, -0.25) is 0 Å². The maximum atomic E-state index is 5.10. The number of fused-ring (bicyclic) bond motifs is 2. The topological polar surface area (TPSA) is 25.8 Å². The van der Waals surface area contributed by atoms with Crippen LogP contribution in [0.1, 0.15) is 0 Å². The van der Waals surface area contributed by atoms with E-state index in [4.69, 9.17) is 9.97 Å². The molecular weight excluding hydrogens is 505 g/mol. The summed E-state index contributed by atoms with van der Waals surface area (Å²) in [6.45, 7) is 0. The molecule has 0 atom stereocenters. The van der Waals surface area contributed by atoms with Crippen molar-refractivity contribution >= 4 is 50.0 Å². The minimum atomic E-state index is -1.92. The first kappa shape index (κ1) is 22.2. The quantitative estimate of drug-likeness (QED) is 0.214. The summed E-state index contributed by atoms with van der Waals surface area (Å²) in [5, 5.41) is 3.51. The summed E-state index contributed by atoms with van der Waals surface area (Å²) in [4.78, 5) is 9.97. The molecule has 0 spiro atoms. The predicted molar refractivity (Wildman–Crippen MR) is 154 cm³/mol. The van der Waals surface area contributed by atoms with Crippen LogP contribution in [0.15, 0.2) is 103 Å². The Morgan fingerprint density at radius 2 is 1.40 bits per heavy atom. The number of rotatable bonds is 4. The van der Waals surface area contributed by atoms with Crippen LogP contribution in [0.4, 0.5) is 0 Å². The van der Waals surface area contributed by atoms with Gasteiger partial charge in [0.2, 0.25) is 0 Å². The molecule has 0 saturated heterocycles. The van der Waals surface area contributed by atoms with Gasteiger partial charge in [0.05, 0.1) is 0 Å². The molecule has 2 aromatic heterocycles. The van der Waals surface area contributed by atoms with Crippen LogP contribution in [0.5, 0.6) is 0 Å². The van der Waals surface area contributed by atoms with Crippen molar-refractivity contribution in [1.82, 2.24) is 9.97 Å². The Labute approximate surface area is 212 Å². The van der Waals surface area contributed by atoms with E-state index >= 15 is 0 Å². The van der Waals surface area contributed by atoms with Gasteiger partial charge in [-0.2, -0.15) is 0 Å². The van der Waals surface area contributed by atoms with Crippen LogP contribution in [0, 0.1) is 0 Å². The van der Waals surface area contributed by atoms with E-state index in [1.807, 2.05) is 12.3 Å². The van der Waals surface area contributed by atoms with Crippen molar-refractivity contribution in [2.45, 2.75) is 17.3 Å². The second-order valence-electron chi connectivity index (χ2n) is 9.97. The number of aromatic nitrogens is 2. The van der Waals surface area contributed by atoms with Crippen LogP contribution < -0.4 is 4.40 Å². The van der Waals surface area contributed by atoms with Crippen LogP contribution in [0.2, 0.25) is 17.3 Å². The third kappa shape index (κ3) is 4.20. The van der Waals surface area contributed by atoms with Gasteiger partial charge in [0, 0.05) is 0 Å². The molecule has 2 heterocycles. The zero-order valence-electron chi connectivity index (χ0n) is 20.1. The van der Waals surface area contributed by atoms with Gasteiger partial charge in [-0.25, -0.2) is 0 Å². The van der Waals surface area contributed by atoms with Crippen LogP contribution in [0.3, 0.4) is 0 Å². The number of benzene rings is 4. The van der Waals surface area contributed by atoms with Crippen LogP contribution >= 0.6 is 11.3 Å². The normalized spacial score (nSPS) is 11.9. The van der Waals surface area contributed by atoms with Gasteiger partial charge in [0.15, 0.2) is 0 Å². The molecule has 0 aliphatic heterocycles. The van der Waals surface area contributed by atoms with Crippen molar-refractivity contribution in [2.24, 2.45) is 0 Å². The van der Waals surface area contributed by atoms with Crippen molar-refractivity contribution < 1.29 is 0 Å². The molecule has 0 radical (unpaired) electrons. The predicted octanol–water partition coefficient (Wildman–Crippen LogP) is 8.39. The fourth-order valence-corrected chi connectivity index (χ4v) is 8.08. The first-order valence-corrected chi connectivity index (χ1v) is 20.1. The fourth-order valence-electron chi connectivity index (χ4n) is 4.58. The fraction of sp³-hybridized carbons (Fsp3) is 0.0968. The van der Waals surface area contributed by atoms with E-state index < -0.39 is 13.3 Å². The zero-order valence-corrected chi connectivity index (χ0v) is 23.0. The molecule has 0 fully saturated rings. The summed E-state index contributed by atoms with van der Waals surface area (Å²) in [6.07, 6.45) is 1.95. The summed E-state index contributed by atoms with van der Waals surface area (Å²) in [6, 6.07) is 34.7.